The summed E-state index contributed by atoms with van der Waals surface area (Å²) in [4.78, 5) is 22.5. The molecule has 6 heteroatoms. The van der Waals surface area contributed by atoms with E-state index in [1.165, 1.54) is 0 Å². The lowest BCUT2D eigenvalue weighted by molar-refractivity contribution is -0.148. The number of nitrogens with two attached hydrogens (primary N) is 1. The number of amides is 1. The normalized spacial score (nSPS) is 14.0. The van der Waals surface area contributed by atoms with Crippen LogP contribution >= 0.6 is 0 Å². The molecule has 0 aromatic carbocycles. The van der Waals surface area contributed by atoms with Crippen molar-refractivity contribution >= 4 is 11.9 Å². The average Bonchev–Trinajstić information content (AvgIpc) is 2.25. The van der Waals surface area contributed by atoms with E-state index in [0.29, 0.717) is 13.2 Å². The third-order valence-corrected chi connectivity index (χ3v) is 1.84. The highest BCUT2D eigenvalue weighted by molar-refractivity contribution is 6.01. The maximum atomic E-state index is 11.4. The van der Waals surface area contributed by atoms with Crippen LogP contribution in [-0.2, 0) is 19.1 Å². The first-order valence-corrected chi connectivity index (χ1v) is 5.34. The largest absolute Gasteiger partial charge is 0.464 e. The fourth-order valence-corrected chi connectivity index (χ4v) is 1.04. The summed E-state index contributed by atoms with van der Waals surface area (Å²) in [7, 11) is 0. The van der Waals surface area contributed by atoms with Gasteiger partial charge in [0.1, 0.15) is 0 Å². The second-order valence-corrected chi connectivity index (χ2v) is 3.24. The van der Waals surface area contributed by atoms with Crippen molar-refractivity contribution in [1.29, 1.82) is 0 Å². The standard InChI is InChI=1S/C10H20N2O4/c1-4-15-7(3)6-12-9(13)8(11)10(14)16-5-2/h7-8H,4-6,11H2,1-3H3,(H,12,13). The van der Waals surface area contributed by atoms with E-state index >= 15 is 0 Å². The molecule has 0 aromatic heterocycles. The molecular formula is C10H20N2O4. The summed E-state index contributed by atoms with van der Waals surface area (Å²) < 4.78 is 9.83. The summed E-state index contributed by atoms with van der Waals surface area (Å²) in [6.07, 6.45) is -0.108. The Bertz CT molecular complexity index is 233. The minimum atomic E-state index is -1.27. The van der Waals surface area contributed by atoms with Crippen molar-refractivity contribution in [2.45, 2.75) is 32.9 Å². The van der Waals surface area contributed by atoms with Crippen molar-refractivity contribution in [1.82, 2.24) is 5.32 Å². The van der Waals surface area contributed by atoms with Crippen LogP contribution in [0.5, 0.6) is 0 Å². The van der Waals surface area contributed by atoms with E-state index in [1.807, 2.05) is 13.8 Å². The molecule has 0 bridgehead atoms. The van der Waals surface area contributed by atoms with E-state index in [9.17, 15) is 9.59 Å². The maximum absolute atomic E-state index is 11.4. The summed E-state index contributed by atoms with van der Waals surface area (Å²) >= 11 is 0. The zero-order chi connectivity index (χ0) is 12.6. The van der Waals surface area contributed by atoms with Gasteiger partial charge in [-0.2, -0.15) is 0 Å². The van der Waals surface area contributed by atoms with Gasteiger partial charge in [0.15, 0.2) is 6.04 Å². The van der Waals surface area contributed by atoms with Crippen molar-refractivity contribution < 1.29 is 19.1 Å². The first kappa shape index (κ1) is 14.9. The number of hydrogen-bond acceptors (Lipinski definition) is 5. The molecule has 0 radical (unpaired) electrons. The lowest BCUT2D eigenvalue weighted by Crippen LogP contribution is -2.48. The number of hydrogen-bond donors (Lipinski definition) is 2. The van der Waals surface area contributed by atoms with Crippen molar-refractivity contribution in [3.8, 4) is 0 Å². The predicted octanol–water partition coefficient (Wildman–Crippen LogP) is -0.582. The summed E-state index contributed by atoms with van der Waals surface area (Å²) in [5.74, 6) is -1.27. The molecule has 6 nitrogen and oxygen atoms in total. The van der Waals surface area contributed by atoms with E-state index in [2.05, 4.69) is 10.1 Å². The van der Waals surface area contributed by atoms with Crippen LogP contribution in [0.15, 0.2) is 0 Å². The predicted molar refractivity (Wildman–Crippen MR) is 58.7 cm³/mol. The third kappa shape index (κ3) is 5.67. The Balaban J connectivity index is 3.91. The van der Waals surface area contributed by atoms with Crippen LogP contribution in [0, 0.1) is 0 Å². The van der Waals surface area contributed by atoms with Crippen molar-refractivity contribution in [3.05, 3.63) is 0 Å². The van der Waals surface area contributed by atoms with E-state index in [1.54, 1.807) is 6.92 Å². The van der Waals surface area contributed by atoms with E-state index in [-0.39, 0.29) is 12.7 Å². The summed E-state index contributed by atoms with van der Waals surface area (Å²) in [6, 6.07) is -1.27. The number of rotatable bonds is 7. The SMILES string of the molecule is CCOC(=O)C(N)C(=O)NCC(C)OCC. The highest BCUT2D eigenvalue weighted by atomic mass is 16.5. The molecule has 2 atom stereocenters. The molecule has 0 rings (SSSR count). The van der Waals surface area contributed by atoms with Crippen LogP contribution in [0.1, 0.15) is 20.8 Å². The van der Waals surface area contributed by atoms with Crippen LogP contribution in [0.4, 0.5) is 0 Å². The van der Waals surface area contributed by atoms with Crippen molar-refractivity contribution in [3.63, 3.8) is 0 Å². The lowest BCUT2D eigenvalue weighted by Gasteiger charge is -2.14. The Morgan fingerprint density at radius 2 is 1.94 bits per heavy atom. The van der Waals surface area contributed by atoms with Gasteiger partial charge in [0, 0.05) is 13.2 Å². The van der Waals surface area contributed by atoms with Crippen LogP contribution in [-0.4, -0.2) is 43.8 Å². The molecule has 16 heavy (non-hydrogen) atoms. The number of carbonyl (C=O) groups is 2. The first-order chi connectivity index (χ1) is 7.52. The number of nitrogens with one attached hydrogen (secondary N) is 1. The zero-order valence-electron chi connectivity index (χ0n) is 9.99. The summed E-state index contributed by atoms with van der Waals surface area (Å²) in [5, 5.41) is 2.52. The first-order valence-electron chi connectivity index (χ1n) is 5.34. The van der Waals surface area contributed by atoms with Crippen molar-refractivity contribution in [2.24, 2.45) is 5.73 Å². The Kier molecular flexibility index (Phi) is 7.49. The van der Waals surface area contributed by atoms with Gasteiger partial charge in [-0.15, -0.1) is 0 Å². The quantitative estimate of drug-likeness (QED) is 0.452. The van der Waals surface area contributed by atoms with Crippen molar-refractivity contribution in [2.75, 3.05) is 19.8 Å². The smallest absolute Gasteiger partial charge is 0.332 e. The van der Waals surface area contributed by atoms with Gasteiger partial charge in [-0.05, 0) is 20.8 Å². The molecule has 0 aliphatic carbocycles. The van der Waals surface area contributed by atoms with Crippen LogP contribution < -0.4 is 11.1 Å². The second-order valence-electron chi connectivity index (χ2n) is 3.24. The van der Waals surface area contributed by atoms with Crippen LogP contribution in [0.3, 0.4) is 0 Å². The highest BCUT2D eigenvalue weighted by Crippen LogP contribution is 1.90. The fourth-order valence-electron chi connectivity index (χ4n) is 1.04. The van der Waals surface area contributed by atoms with Gasteiger partial charge >= 0.3 is 5.97 Å². The van der Waals surface area contributed by atoms with E-state index in [4.69, 9.17) is 10.5 Å². The Labute approximate surface area is 95.5 Å². The molecule has 0 aliphatic rings. The summed E-state index contributed by atoms with van der Waals surface area (Å²) in [5.41, 5.74) is 5.38. The number of carbonyl (C=O) groups excluding carboxylic acids is 2. The molecule has 0 saturated heterocycles. The monoisotopic (exact) mass is 232 g/mol. The molecule has 0 aliphatic heterocycles. The van der Waals surface area contributed by atoms with Crippen LogP contribution in [0.25, 0.3) is 0 Å². The minimum Gasteiger partial charge on any atom is -0.464 e. The molecule has 3 N–H and O–H groups in total. The Morgan fingerprint density at radius 1 is 1.31 bits per heavy atom. The topological polar surface area (TPSA) is 90.7 Å². The summed E-state index contributed by atoms with van der Waals surface area (Å²) in [6.45, 7) is 6.43. The van der Waals surface area contributed by atoms with Gasteiger partial charge < -0.3 is 20.5 Å². The van der Waals surface area contributed by atoms with Gasteiger partial charge in [0.05, 0.1) is 12.7 Å². The molecule has 0 spiro atoms. The van der Waals surface area contributed by atoms with E-state index in [0.717, 1.165) is 0 Å². The Hall–Kier alpha value is -1.14. The zero-order valence-corrected chi connectivity index (χ0v) is 9.99. The van der Waals surface area contributed by atoms with Gasteiger partial charge in [0.2, 0.25) is 5.91 Å². The molecule has 0 aromatic rings. The van der Waals surface area contributed by atoms with Gasteiger partial charge in [0.25, 0.3) is 0 Å². The van der Waals surface area contributed by atoms with Crippen LogP contribution in [0.2, 0.25) is 0 Å². The van der Waals surface area contributed by atoms with Gasteiger partial charge in [-0.3, -0.25) is 4.79 Å². The molecule has 1 amide bonds. The maximum Gasteiger partial charge on any atom is 0.332 e. The van der Waals surface area contributed by atoms with Gasteiger partial charge in [-0.25, -0.2) is 4.79 Å². The molecule has 0 saturated carbocycles. The lowest BCUT2D eigenvalue weighted by atomic mass is 10.3. The second kappa shape index (κ2) is 8.06. The highest BCUT2D eigenvalue weighted by Gasteiger charge is 2.23. The molecule has 0 heterocycles. The average molecular weight is 232 g/mol. The van der Waals surface area contributed by atoms with E-state index < -0.39 is 17.9 Å². The molecule has 0 fully saturated rings. The Morgan fingerprint density at radius 3 is 2.44 bits per heavy atom. The molecule has 94 valence electrons. The number of ether oxygens (including phenoxy) is 2. The number of esters is 1. The third-order valence-electron chi connectivity index (χ3n) is 1.84. The fraction of sp³-hybridized carbons (Fsp3) is 0.800. The molecule has 2 unspecified atom stereocenters. The minimum absolute atomic E-state index is 0.108. The molecular weight excluding hydrogens is 212 g/mol. The van der Waals surface area contributed by atoms with Gasteiger partial charge in [-0.1, -0.05) is 0 Å².